The normalized spacial score (nSPS) is 5.25. The fraction of sp³-hybridized carbons (Fsp3) is 1.00. The van der Waals surface area contributed by atoms with Crippen LogP contribution in [0, 0.1) is 0 Å². The van der Waals surface area contributed by atoms with Crippen molar-refractivity contribution < 1.29 is 0 Å². The fourth-order valence-corrected chi connectivity index (χ4v) is 0.224. The van der Waals surface area contributed by atoms with Gasteiger partial charge in [-0.25, -0.2) is 0 Å². The van der Waals surface area contributed by atoms with Crippen LogP contribution < -0.4 is 0 Å². The average molecular weight is 219 g/mol. The second kappa shape index (κ2) is 24.9. The Morgan fingerprint density at radius 2 is 1.25 bits per heavy atom. The Kier molecular flexibility index (Phi) is 72.2. The smallest absolute Gasteiger partial charge is 0.663 e. The Hall–Kier alpha value is 0.830. The van der Waals surface area contributed by atoms with Gasteiger partial charge >= 0.3 is 25.8 Å². The van der Waals surface area contributed by atoms with Gasteiger partial charge < -0.3 is 5.32 Å². The van der Waals surface area contributed by atoms with E-state index >= 15 is 0 Å². The Bertz CT molecular complexity index is 16.0. The topological polar surface area (TPSA) is 14.1 Å². The summed E-state index contributed by atoms with van der Waals surface area (Å²) in [6.07, 6.45) is 0. The maximum Gasteiger partial charge on any atom is 1.00 e. The molecule has 2 heteroatoms. The molecule has 0 rings (SSSR count). The largest absolute Gasteiger partial charge is 1.00 e. The van der Waals surface area contributed by atoms with E-state index in [9.17, 15) is 0 Å². The van der Waals surface area contributed by atoms with Crippen LogP contribution in [0.2, 0.25) is 0 Å². The van der Waals surface area contributed by atoms with Gasteiger partial charge in [-0.3, -0.25) is 0 Å². The zero-order valence-electron chi connectivity index (χ0n) is 4.44. The predicted molar refractivity (Wildman–Crippen MR) is 43.7 cm³/mol. The van der Waals surface area contributed by atoms with Gasteiger partial charge in [0.25, 0.3) is 0 Å². The van der Waals surface area contributed by atoms with E-state index in [4.69, 9.17) is 0 Å². The molecule has 0 aromatic rings. The van der Waals surface area contributed by atoms with Gasteiger partial charge in [0.15, 0.2) is 0 Å². The third-order valence-electron chi connectivity index (χ3n) is 0.447. The Labute approximate surface area is 73.0 Å². The molecule has 0 aliphatic rings. The van der Waals surface area contributed by atoms with E-state index in [1.165, 1.54) is 0 Å². The maximum absolute atomic E-state index is 3.97. The van der Waals surface area contributed by atoms with Crippen molar-refractivity contribution in [3.05, 3.63) is 5.32 Å². The summed E-state index contributed by atoms with van der Waals surface area (Å²) in [4.78, 5) is 0. The molecule has 0 unspecified atom stereocenters. The summed E-state index contributed by atoms with van der Waals surface area (Å²) in [5.74, 6) is 0. The van der Waals surface area contributed by atoms with Gasteiger partial charge in [0.2, 0.25) is 0 Å². The molecule has 2 radical (unpaired) electrons. The summed E-state index contributed by atoms with van der Waals surface area (Å²) >= 11 is 0. The summed E-state index contributed by atoms with van der Waals surface area (Å²) < 4.78 is 0. The van der Waals surface area contributed by atoms with E-state index in [1.54, 1.807) is 0 Å². The molecule has 0 amide bonds. The monoisotopic (exact) mass is 219 g/mol. The quantitative estimate of drug-likeness (QED) is 0.676. The van der Waals surface area contributed by atoms with E-state index in [0.29, 0.717) is 0 Å². The Balaban J connectivity index is -0.0000000267. The van der Waals surface area contributed by atoms with Crippen molar-refractivity contribution in [2.45, 2.75) is 28.7 Å². The van der Waals surface area contributed by atoms with Crippen molar-refractivity contribution in [3.8, 4) is 0 Å². The molecule has 0 saturated carbocycles. The van der Waals surface area contributed by atoms with Crippen LogP contribution in [0.1, 0.15) is 28.7 Å². The summed E-state index contributed by atoms with van der Waals surface area (Å²) in [6, 6.07) is 0. The van der Waals surface area contributed by atoms with E-state index in [1.807, 2.05) is 13.8 Å². The summed E-state index contributed by atoms with van der Waals surface area (Å²) in [5, 5.41) is 3.97. The van der Waals surface area contributed by atoms with Gasteiger partial charge in [-0.2, -0.15) is 13.1 Å². The van der Waals surface area contributed by atoms with E-state index in [-0.39, 0.29) is 40.7 Å². The van der Waals surface area contributed by atoms with E-state index in [0.717, 1.165) is 13.1 Å². The number of hydrogen-bond acceptors (Lipinski definition) is 0. The number of rotatable bonds is 2. The molecule has 8 heavy (non-hydrogen) atoms. The SMILES string of the molecule is C.C.CC[N-]CC.[In+]. The second-order valence-electron chi connectivity index (χ2n) is 0.856. The van der Waals surface area contributed by atoms with Crippen LogP contribution in [0.3, 0.4) is 0 Å². The van der Waals surface area contributed by atoms with Crippen LogP contribution in [0.25, 0.3) is 5.32 Å². The zero-order valence-corrected chi connectivity index (χ0v) is 7.73. The van der Waals surface area contributed by atoms with Gasteiger partial charge in [-0.05, 0) is 0 Å². The first kappa shape index (κ1) is 23.2. The molecule has 1 nitrogen and oxygen atoms in total. The van der Waals surface area contributed by atoms with Gasteiger partial charge in [0.1, 0.15) is 0 Å². The molecule has 0 N–H and O–H groups in total. The van der Waals surface area contributed by atoms with Crippen molar-refractivity contribution in [1.29, 1.82) is 0 Å². The standard InChI is InChI=1S/C4H10N.2CH4.In/c1-3-5-4-2;;;/h3-4H2,1-2H3;2*1H4;/q-1;;;+1. The van der Waals surface area contributed by atoms with Crippen molar-refractivity contribution >= 4 is 25.8 Å². The van der Waals surface area contributed by atoms with Crippen molar-refractivity contribution in [3.63, 3.8) is 0 Å². The fourth-order valence-electron chi connectivity index (χ4n) is 0.224. The molecule has 0 fully saturated rings. The van der Waals surface area contributed by atoms with Crippen LogP contribution in [-0.2, 0) is 0 Å². The van der Waals surface area contributed by atoms with Gasteiger partial charge in [-0.1, -0.05) is 28.7 Å². The van der Waals surface area contributed by atoms with Crippen LogP contribution >= 0.6 is 0 Å². The average Bonchev–Trinajstić information content (AvgIpc) is 1.41. The van der Waals surface area contributed by atoms with Gasteiger partial charge in [0.05, 0.1) is 0 Å². The molecule has 0 aromatic heterocycles. The molecule has 0 heterocycles. The van der Waals surface area contributed by atoms with Crippen LogP contribution in [0.15, 0.2) is 0 Å². The van der Waals surface area contributed by atoms with Gasteiger partial charge in [-0.15, -0.1) is 0 Å². The molecule has 0 aromatic carbocycles. The third kappa shape index (κ3) is 29.0. The van der Waals surface area contributed by atoms with Crippen LogP contribution in [0.5, 0.6) is 0 Å². The summed E-state index contributed by atoms with van der Waals surface area (Å²) in [5.41, 5.74) is 0. The van der Waals surface area contributed by atoms with E-state index < -0.39 is 0 Å². The molecule has 50 valence electrons. The minimum Gasteiger partial charge on any atom is -0.663 e. The van der Waals surface area contributed by atoms with Crippen molar-refractivity contribution in [2.24, 2.45) is 0 Å². The van der Waals surface area contributed by atoms with Crippen molar-refractivity contribution in [1.82, 2.24) is 0 Å². The maximum atomic E-state index is 3.97. The van der Waals surface area contributed by atoms with Crippen LogP contribution in [0.4, 0.5) is 0 Å². The molecule has 0 saturated heterocycles. The molecule has 0 aliphatic heterocycles. The first-order valence-corrected chi connectivity index (χ1v) is 2.05. The molecule has 0 atom stereocenters. The van der Waals surface area contributed by atoms with Crippen molar-refractivity contribution in [2.75, 3.05) is 13.1 Å². The Morgan fingerprint density at radius 1 is 1.00 bits per heavy atom. The van der Waals surface area contributed by atoms with E-state index in [2.05, 4.69) is 5.32 Å². The number of nitrogens with zero attached hydrogens (tertiary/aromatic N) is 1. The number of hydrogen-bond donors (Lipinski definition) is 0. The molecule has 0 spiro atoms. The minimum atomic E-state index is 0. The second-order valence-corrected chi connectivity index (χ2v) is 0.856. The molecule has 0 aliphatic carbocycles. The minimum absolute atomic E-state index is 0. The first-order valence-electron chi connectivity index (χ1n) is 2.05. The summed E-state index contributed by atoms with van der Waals surface area (Å²) in [7, 11) is 0. The molecular weight excluding hydrogens is 201 g/mol. The third-order valence-corrected chi connectivity index (χ3v) is 0.447. The Morgan fingerprint density at radius 3 is 1.25 bits per heavy atom. The van der Waals surface area contributed by atoms with Gasteiger partial charge in [0, 0.05) is 0 Å². The summed E-state index contributed by atoms with van der Waals surface area (Å²) in [6.45, 7) is 6.03. The predicted octanol–water partition coefficient (Wildman–Crippen LogP) is 2.29. The molecular formula is C6H18InN. The van der Waals surface area contributed by atoms with Crippen LogP contribution in [-0.4, -0.2) is 38.9 Å². The zero-order chi connectivity index (χ0) is 4.12. The molecule has 0 bridgehead atoms. The first-order chi connectivity index (χ1) is 2.41.